The lowest BCUT2D eigenvalue weighted by molar-refractivity contribution is 0.136. The van der Waals surface area contributed by atoms with Crippen LogP contribution in [0.1, 0.15) is 38.3 Å². The lowest BCUT2D eigenvalue weighted by atomic mass is 10.1. The molecule has 1 saturated heterocycles. The van der Waals surface area contributed by atoms with Crippen LogP contribution >= 0.6 is 0 Å². The van der Waals surface area contributed by atoms with E-state index in [-0.39, 0.29) is 12.1 Å². The average molecular weight is 349 g/mol. The molecule has 0 aliphatic carbocycles. The number of methoxy groups -OCH3 is 2. The van der Waals surface area contributed by atoms with Gasteiger partial charge in [0.25, 0.3) is 0 Å². The zero-order chi connectivity index (χ0) is 18.2. The maximum Gasteiger partial charge on any atom is 0.317 e. The molecule has 0 radical (unpaired) electrons. The molecule has 1 aliphatic rings. The molecule has 25 heavy (non-hydrogen) atoms. The highest BCUT2D eigenvalue weighted by molar-refractivity contribution is 5.75. The summed E-state index contributed by atoms with van der Waals surface area (Å²) in [6.45, 7) is 8.75. The van der Waals surface area contributed by atoms with Gasteiger partial charge in [0, 0.05) is 31.7 Å². The molecule has 6 nitrogen and oxygen atoms in total. The van der Waals surface area contributed by atoms with Gasteiger partial charge in [0.05, 0.1) is 20.3 Å². The summed E-state index contributed by atoms with van der Waals surface area (Å²) in [4.78, 5) is 16.9. The molecule has 2 rings (SSSR count). The Morgan fingerprint density at radius 3 is 2.52 bits per heavy atom. The zero-order valence-corrected chi connectivity index (χ0v) is 15.9. The van der Waals surface area contributed by atoms with Gasteiger partial charge in [-0.3, -0.25) is 4.90 Å². The van der Waals surface area contributed by atoms with Crippen molar-refractivity contribution in [2.75, 3.05) is 46.9 Å². The summed E-state index contributed by atoms with van der Waals surface area (Å²) in [5, 5.41) is 3.08. The highest BCUT2D eigenvalue weighted by atomic mass is 16.5. The standard InChI is InChI=1S/C19H31N3O3/c1-5-6-9-21-10-12-22(13-11-21)19(23)20-15(2)17-14-16(24-3)7-8-18(17)25-4/h7-8,14-15H,5-6,9-13H2,1-4H3,(H,20,23)/t15-/m0/s1. The molecule has 1 N–H and O–H groups in total. The van der Waals surface area contributed by atoms with Gasteiger partial charge in [-0.1, -0.05) is 13.3 Å². The van der Waals surface area contributed by atoms with Gasteiger partial charge in [-0.15, -0.1) is 0 Å². The summed E-state index contributed by atoms with van der Waals surface area (Å²) in [6, 6.07) is 5.45. The smallest absolute Gasteiger partial charge is 0.317 e. The van der Waals surface area contributed by atoms with Gasteiger partial charge >= 0.3 is 6.03 Å². The van der Waals surface area contributed by atoms with Gasteiger partial charge in [0.2, 0.25) is 0 Å². The lowest BCUT2D eigenvalue weighted by Gasteiger charge is -2.35. The maximum atomic E-state index is 12.6. The first-order valence-electron chi connectivity index (χ1n) is 9.08. The molecule has 0 unspecified atom stereocenters. The van der Waals surface area contributed by atoms with Gasteiger partial charge in [-0.25, -0.2) is 4.79 Å². The van der Waals surface area contributed by atoms with E-state index in [4.69, 9.17) is 9.47 Å². The van der Waals surface area contributed by atoms with Crippen LogP contribution in [0.4, 0.5) is 4.79 Å². The molecule has 0 bridgehead atoms. The number of urea groups is 1. The van der Waals surface area contributed by atoms with Gasteiger partial charge in [-0.2, -0.15) is 0 Å². The van der Waals surface area contributed by atoms with E-state index in [2.05, 4.69) is 17.1 Å². The first-order valence-corrected chi connectivity index (χ1v) is 9.08. The van der Waals surface area contributed by atoms with E-state index >= 15 is 0 Å². The monoisotopic (exact) mass is 349 g/mol. The van der Waals surface area contributed by atoms with E-state index in [9.17, 15) is 4.79 Å². The Morgan fingerprint density at radius 1 is 1.20 bits per heavy atom. The molecule has 2 amide bonds. The first kappa shape index (κ1) is 19.4. The van der Waals surface area contributed by atoms with Crippen LogP contribution in [-0.4, -0.2) is 62.8 Å². The Balaban J connectivity index is 1.92. The normalized spacial score (nSPS) is 16.4. The Kier molecular flexibility index (Phi) is 7.37. The van der Waals surface area contributed by atoms with Crippen LogP contribution in [0.2, 0.25) is 0 Å². The number of unbranched alkanes of at least 4 members (excludes halogenated alkanes) is 1. The molecule has 0 saturated carbocycles. The van der Waals surface area contributed by atoms with Crippen molar-refractivity contribution in [1.29, 1.82) is 0 Å². The molecule has 0 spiro atoms. The van der Waals surface area contributed by atoms with Crippen LogP contribution in [0.15, 0.2) is 18.2 Å². The van der Waals surface area contributed by atoms with Crippen LogP contribution in [0.5, 0.6) is 11.5 Å². The van der Waals surface area contributed by atoms with E-state index in [1.165, 1.54) is 12.8 Å². The van der Waals surface area contributed by atoms with Crippen LogP contribution in [0.3, 0.4) is 0 Å². The SMILES string of the molecule is CCCCN1CCN(C(=O)N[C@@H](C)c2cc(OC)ccc2OC)CC1. The second-order valence-electron chi connectivity index (χ2n) is 6.46. The second kappa shape index (κ2) is 9.51. The number of piperazine rings is 1. The number of rotatable bonds is 7. The van der Waals surface area contributed by atoms with E-state index in [0.717, 1.165) is 49.8 Å². The molecule has 1 aromatic rings. The third-order valence-corrected chi connectivity index (χ3v) is 4.73. The molecule has 1 aliphatic heterocycles. The minimum Gasteiger partial charge on any atom is -0.497 e. The van der Waals surface area contributed by atoms with Crippen LogP contribution in [0, 0.1) is 0 Å². The van der Waals surface area contributed by atoms with E-state index in [1.807, 2.05) is 30.0 Å². The van der Waals surface area contributed by atoms with Crippen molar-refractivity contribution in [3.05, 3.63) is 23.8 Å². The highest BCUT2D eigenvalue weighted by Gasteiger charge is 2.23. The number of carbonyl (C=O) groups is 1. The largest absolute Gasteiger partial charge is 0.497 e. The van der Waals surface area contributed by atoms with E-state index < -0.39 is 0 Å². The Bertz CT molecular complexity index is 557. The number of hydrogen-bond donors (Lipinski definition) is 1. The number of carbonyl (C=O) groups excluding carboxylic acids is 1. The van der Waals surface area contributed by atoms with Crippen molar-refractivity contribution in [3.63, 3.8) is 0 Å². The molecule has 1 heterocycles. The van der Waals surface area contributed by atoms with E-state index in [1.54, 1.807) is 14.2 Å². The number of nitrogens with one attached hydrogen (secondary N) is 1. The molecule has 1 fully saturated rings. The molecule has 6 heteroatoms. The average Bonchev–Trinajstić information content (AvgIpc) is 2.66. The minimum atomic E-state index is -0.157. The summed E-state index contributed by atoms with van der Waals surface area (Å²) in [6.07, 6.45) is 2.43. The van der Waals surface area contributed by atoms with Crippen LogP contribution < -0.4 is 14.8 Å². The Hall–Kier alpha value is -1.95. The Morgan fingerprint density at radius 2 is 1.92 bits per heavy atom. The molecular weight excluding hydrogens is 318 g/mol. The topological polar surface area (TPSA) is 54.0 Å². The third-order valence-electron chi connectivity index (χ3n) is 4.73. The van der Waals surface area contributed by atoms with Crippen LogP contribution in [0.25, 0.3) is 0 Å². The predicted molar refractivity (Wildman–Crippen MR) is 99.4 cm³/mol. The van der Waals surface area contributed by atoms with Gasteiger partial charge < -0.3 is 19.7 Å². The maximum absolute atomic E-state index is 12.6. The summed E-state index contributed by atoms with van der Waals surface area (Å²) in [5.74, 6) is 1.50. The molecule has 1 aromatic carbocycles. The zero-order valence-electron chi connectivity index (χ0n) is 15.9. The fourth-order valence-corrected chi connectivity index (χ4v) is 3.09. The number of amides is 2. The van der Waals surface area contributed by atoms with E-state index in [0.29, 0.717) is 0 Å². The van der Waals surface area contributed by atoms with Crippen molar-refractivity contribution >= 4 is 6.03 Å². The predicted octanol–water partition coefficient (Wildman–Crippen LogP) is 2.89. The fraction of sp³-hybridized carbons (Fsp3) is 0.632. The van der Waals surface area contributed by atoms with Gasteiger partial charge in [0.15, 0.2) is 0 Å². The van der Waals surface area contributed by atoms with Crippen molar-refractivity contribution in [1.82, 2.24) is 15.1 Å². The highest BCUT2D eigenvalue weighted by Crippen LogP contribution is 2.29. The number of hydrogen-bond acceptors (Lipinski definition) is 4. The van der Waals surface area contributed by atoms with Crippen molar-refractivity contribution in [2.24, 2.45) is 0 Å². The molecule has 1 atom stereocenters. The number of benzene rings is 1. The first-order chi connectivity index (χ1) is 12.1. The van der Waals surface area contributed by atoms with Crippen molar-refractivity contribution in [3.8, 4) is 11.5 Å². The molecular formula is C19H31N3O3. The second-order valence-corrected chi connectivity index (χ2v) is 6.46. The lowest BCUT2D eigenvalue weighted by Crippen LogP contribution is -2.52. The van der Waals surface area contributed by atoms with Crippen molar-refractivity contribution < 1.29 is 14.3 Å². The number of ether oxygens (including phenoxy) is 2. The van der Waals surface area contributed by atoms with Crippen LogP contribution in [-0.2, 0) is 0 Å². The van der Waals surface area contributed by atoms with Gasteiger partial charge in [-0.05, 0) is 38.1 Å². The summed E-state index contributed by atoms with van der Waals surface area (Å²) >= 11 is 0. The van der Waals surface area contributed by atoms with Gasteiger partial charge in [0.1, 0.15) is 11.5 Å². The fourth-order valence-electron chi connectivity index (χ4n) is 3.09. The molecule has 0 aromatic heterocycles. The number of nitrogens with zero attached hydrogens (tertiary/aromatic N) is 2. The summed E-state index contributed by atoms with van der Waals surface area (Å²) < 4.78 is 10.7. The van der Waals surface area contributed by atoms with Crippen molar-refractivity contribution in [2.45, 2.75) is 32.7 Å². The third kappa shape index (κ3) is 5.26. The summed E-state index contributed by atoms with van der Waals surface area (Å²) in [7, 11) is 3.27. The minimum absolute atomic E-state index is 0.0208. The summed E-state index contributed by atoms with van der Waals surface area (Å²) in [5.41, 5.74) is 0.914. The molecule has 140 valence electrons. The quantitative estimate of drug-likeness (QED) is 0.822. The Labute approximate surface area is 151 Å².